The lowest BCUT2D eigenvalue weighted by molar-refractivity contribution is 0.637. The van der Waals surface area contributed by atoms with E-state index in [9.17, 15) is 0 Å². The number of nitrogen functional groups attached to an aromatic ring is 2. The van der Waals surface area contributed by atoms with Crippen LogP contribution in [-0.4, -0.2) is 0 Å². The van der Waals surface area contributed by atoms with Gasteiger partial charge in [0.1, 0.15) is 5.58 Å². The SMILES string of the molecule is Nc1cc2c(ccc3sc(N)cc32)o1. The fourth-order valence-corrected chi connectivity index (χ4v) is 2.52. The van der Waals surface area contributed by atoms with Gasteiger partial charge >= 0.3 is 0 Å². The Morgan fingerprint density at radius 2 is 1.93 bits per heavy atom. The Morgan fingerprint density at radius 3 is 2.79 bits per heavy atom. The molecule has 0 bridgehead atoms. The number of furan rings is 1. The number of benzene rings is 1. The molecule has 0 unspecified atom stereocenters. The van der Waals surface area contributed by atoms with Crippen LogP contribution in [0.5, 0.6) is 0 Å². The summed E-state index contributed by atoms with van der Waals surface area (Å²) >= 11 is 1.57. The smallest absolute Gasteiger partial charge is 0.191 e. The molecule has 0 atom stereocenters. The van der Waals surface area contributed by atoms with Crippen LogP contribution in [0.3, 0.4) is 0 Å². The Balaban J connectivity index is 2.58. The highest BCUT2D eigenvalue weighted by molar-refractivity contribution is 7.22. The Labute approximate surface area is 83.9 Å². The minimum Gasteiger partial charge on any atom is -0.441 e. The van der Waals surface area contributed by atoms with E-state index in [1.807, 2.05) is 24.3 Å². The zero-order valence-electron chi connectivity index (χ0n) is 7.28. The zero-order valence-corrected chi connectivity index (χ0v) is 8.10. The molecular formula is C10H8N2OS. The third kappa shape index (κ3) is 0.914. The van der Waals surface area contributed by atoms with Gasteiger partial charge in [-0.2, -0.15) is 0 Å². The molecule has 0 aliphatic carbocycles. The van der Waals surface area contributed by atoms with Gasteiger partial charge in [0.2, 0.25) is 0 Å². The van der Waals surface area contributed by atoms with E-state index in [0.717, 1.165) is 26.1 Å². The molecule has 0 amide bonds. The van der Waals surface area contributed by atoms with Crippen molar-refractivity contribution >= 4 is 43.3 Å². The highest BCUT2D eigenvalue weighted by Crippen LogP contribution is 2.35. The van der Waals surface area contributed by atoms with Gasteiger partial charge in [-0.15, -0.1) is 11.3 Å². The Kier molecular flexibility index (Phi) is 1.33. The molecule has 3 nitrogen and oxygen atoms in total. The van der Waals surface area contributed by atoms with Crippen LogP contribution in [0.15, 0.2) is 28.7 Å². The Bertz CT molecular complexity index is 568. The van der Waals surface area contributed by atoms with Crippen LogP contribution >= 0.6 is 11.3 Å². The van der Waals surface area contributed by atoms with E-state index in [1.165, 1.54) is 0 Å². The molecule has 0 aliphatic heterocycles. The Morgan fingerprint density at radius 1 is 1.07 bits per heavy atom. The van der Waals surface area contributed by atoms with Crippen LogP contribution in [0, 0.1) is 0 Å². The van der Waals surface area contributed by atoms with Crippen molar-refractivity contribution in [3.63, 3.8) is 0 Å². The zero-order chi connectivity index (χ0) is 9.71. The first-order valence-corrected chi connectivity index (χ1v) is 5.03. The summed E-state index contributed by atoms with van der Waals surface area (Å²) in [6.07, 6.45) is 0. The summed E-state index contributed by atoms with van der Waals surface area (Å²) in [5, 5.41) is 2.96. The van der Waals surface area contributed by atoms with Gasteiger partial charge < -0.3 is 15.9 Å². The molecule has 0 saturated carbocycles. The molecule has 2 aromatic heterocycles. The fraction of sp³-hybridized carbons (Fsp3) is 0. The summed E-state index contributed by atoms with van der Waals surface area (Å²) < 4.78 is 6.49. The lowest BCUT2D eigenvalue weighted by Gasteiger charge is -1.89. The van der Waals surface area contributed by atoms with E-state index in [1.54, 1.807) is 11.3 Å². The van der Waals surface area contributed by atoms with Crippen LogP contribution in [-0.2, 0) is 0 Å². The van der Waals surface area contributed by atoms with Crippen molar-refractivity contribution < 1.29 is 4.42 Å². The third-order valence-electron chi connectivity index (χ3n) is 2.24. The van der Waals surface area contributed by atoms with E-state index in [2.05, 4.69) is 0 Å². The minimum atomic E-state index is 0.442. The maximum atomic E-state index is 5.75. The second kappa shape index (κ2) is 2.42. The van der Waals surface area contributed by atoms with Gasteiger partial charge in [0, 0.05) is 21.5 Å². The summed E-state index contributed by atoms with van der Waals surface area (Å²) in [6, 6.07) is 7.72. The lowest BCUT2D eigenvalue weighted by Crippen LogP contribution is -1.75. The standard InChI is InChI=1S/C10H8N2OS/c11-9-3-5-6-4-10(12)14-8(6)2-1-7(5)13-9/h1-4H,11-12H2. The third-order valence-corrected chi connectivity index (χ3v) is 3.17. The normalized spacial score (nSPS) is 11.4. The molecule has 0 spiro atoms. The van der Waals surface area contributed by atoms with Crippen molar-refractivity contribution in [2.45, 2.75) is 0 Å². The molecule has 0 saturated heterocycles. The highest BCUT2D eigenvalue weighted by atomic mass is 32.1. The number of hydrogen-bond donors (Lipinski definition) is 2. The van der Waals surface area contributed by atoms with Gasteiger partial charge in [0.15, 0.2) is 5.88 Å². The second-order valence-electron chi connectivity index (χ2n) is 3.19. The maximum Gasteiger partial charge on any atom is 0.191 e. The number of fused-ring (bicyclic) bond motifs is 3. The van der Waals surface area contributed by atoms with Crippen LogP contribution in [0.25, 0.3) is 21.1 Å². The predicted octanol–water partition coefficient (Wildman–Crippen LogP) is 2.81. The summed E-state index contributed by atoms with van der Waals surface area (Å²) in [5.74, 6) is 0.442. The molecule has 14 heavy (non-hydrogen) atoms. The van der Waals surface area contributed by atoms with Gasteiger partial charge in [-0.1, -0.05) is 0 Å². The van der Waals surface area contributed by atoms with Crippen molar-refractivity contribution in [3.05, 3.63) is 24.3 Å². The molecule has 0 radical (unpaired) electrons. The number of hydrogen-bond acceptors (Lipinski definition) is 4. The largest absolute Gasteiger partial charge is 0.441 e. The fourth-order valence-electron chi connectivity index (χ4n) is 1.67. The first-order chi connectivity index (χ1) is 6.74. The van der Waals surface area contributed by atoms with Crippen molar-refractivity contribution in [3.8, 4) is 0 Å². The monoisotopic (exact) mass is 204 g/mol. The number of nitrogens with two attached hydrogens (primary N) is 2. The van der Waals surface area contributed by atoms with E-state index < -0.39 is 0 Å². The van der Waals surface area contributed by atoms with Crippen molar-refractivity contribution in [2.75, 3.05) is 11.5 Å². The van der Waals surface area contributed by atoms with Crippen molar-refractivity contribution in [1.29, 1.82) is 0 Å². The number of anilines is 2. The molecule has 1 aromatic carbocycles. The minimum absolute atomic E-state index is 0.442. The molecule has 0 fully saturated rings. The highest BCUT2D eigenvalue weighted by Gasteiger charge is 2.07. The van der Waals surface area contributed by atoms with Gasteiger partial charge in [-0.25, -0.2) is 0 Å². The average Bonchev–Trinajstić information content (AvgIpc) is 2.65. The van der Waals surface area contributed by atoms with Crippen molar-refractivity contribution in [2.24, 2.45) is 0 Å². The predicted molar refractivity (Wildman–Crippen MR) is 60.4 cm³/mol. The summed E-state index contributed by atoms with van der Waals surface area (Å²) in [5.41, 5.74) is 12.2. The molecular weight excluding hydrogens is 196 g/mol. The lowest BCUT2D eigenvalue weighted by atomic mass is 10.2. The van der Waals surface area contributed by atoms with Gasteiger partial charge in [-0.05, 0) is 18.2 Å². The topological polar surface area (TPSA) is 65.2 Å². The van der Waals surface area contributed by atoms with Gasteiger partial charge in [-0.3, -0.25) is 0 Å². The maximum absolute atomic E-state index is 5.75. The van der Waals surface area contributed by atoms with Crippen LogP contribution < -0.4 is 11.5 Å². The Hall–Kier alpha value is -1.68. The summed E-state index contributed by atoms with van der Waals surface area (Å²) in [4.78, 5) is 0. The van der Waals surface area contributed by atoms with Crippen LogP contribution in [0.4, 0.5) is 10.9 Å². The number of rotatable bonds is 0. The molecule has 3 rings (SSSR count). The van der Waals surface area contributed by atoms with E-state index in [0.29, 0.717) is 5.88 Å². The molecule has 4 N–H and O–H groups in total. The average molecular weight is 204 g/mol. The van der Waals surface area contributed by atoms with Crippen LogP contribution in [0.1, 0.15) is 0 Å². The summed E-state index contributed by atoms with van der Waals surface area (Å²) in [7, 11) is 0. The van der Waals surface area contributed by atoms with Gasteiger partial charge in [0.25, 0.3) is 0 Å². The molecule has 2 heterocycles. The molecule has 0 aliphatic rings. The molecule has 3 aromatic rings. The first kappa shape index (κ1) is 7.70. The molecule has 70 valence electrons. The van der Waals surface area contributed by atoms with Crippen molar-refractivity contribution in [1.82, 2.24) is 0 Å². The quantitative estimate of drug-likeness (QED) is 0.591. The van der Waals surface area contributed by atoms with Gasteiger partial charge in [0.05, 0.1) is 5.00 Å². The van der Waals surface area contributed by atoms with E-state index >= 15 is 0 Å². The summed E-state index contributed by atoms with van der Waals surface area (Å²) in [6.45, 7) is 0. The number of thiophene rings is 1. The van der Waals surface area contributed by atoms with E-state index in [4.69, 9.17) is 15.9 Å². The van der Waals surface area contributed by atoms with E-state index in [-0.39, 0.29) is 0 Å². The first-order valence-electron chi connectivity index (χ1n) is 4.21. The second-order valence-corrected chi connectivity index (χ2v) is 4.30. The van der Waals surface area contributed by atoms with Crippen LogP contribution in [0.2, 0.25) is 0 Å². The molecule has 4 heteroatoms.